The molecule has 0 saturated heterocycles. The van der Waals surface area contributed by atoms with Crippen LogP contribution in [-0.4, -0.2) is 29.8 Å². The molecule has 3 rings (SSSR count). The maximum absolute atomic E-state index is 13.1. The lowest BCUT2D eigenvalue weighted by Crippen LogP contribution is -2.36. The van der Waals surface area contributed by atoms with Crippen molar-refractivity contribution in [3.63, 3.8) is 0 Å². The smallest absolute Gasteiger partial charge is 0.182 e. The third-order valence-corrected chi connectivity index (χ3v) is 5.22. The van der Waals surface area contributed by atoms with Crippen molar-refractivity contribution in [1.29, 1.82) is 0 Å². The van der Waals surface area contributed by atoms with Crippen molar-refractivity contribution < 1.29 is 9.18 Å². The van der Waals surface area contributed by atoms with Gasteiger partial charge >= 0.3 is 0 Å². The van der Waals surface area contributed by atoms with Gasteiger partial charge in [-0.3, -0.25) is 9.79 Å². The summed E-state index contributed by atoms with van der Waals surface area (Å²) >= 11 is 1.68. The number of nitrogens with zero attached hydrogens (tertiary/aromatic N) is 2. The number of rotatable bonds is 4. The summed E-state index contributed by atoms with van der Waals surface area (Å²) in [6.07, 6.45) is 1.06. The minimum absolute atomic E-state index is 0.0474. The number of hydrogen-bond donors (Lipinski definition) is 0. The number of benzene rings is 2. The highest BCUT2D eigenvalue weighted by Crippen LogP contribution is 2.27. The van der Waals surface area contributed by atoms with E-state index in [2.05, 4.69) is 18.0 Å². The van der Waals surface area contributed by atoms with Crippen molar-refractivity contribution in [2.75, 3.05) is 23.7 Å². The first kappa shape index (κ1) is 17.7. The van der Waals surface area contributed by atoms with Crippen LogP contribution in [-0.2, 0) is 0 Å². The molecule has 0 spiro atoms. The molecule has 5 heteroatoms. The maximum Gasteiger partial charge on any atom is 0.182 e. The van der Waals surface area contributed by atoms with Gasteiger partial charge in [-0.1, -0.05) is 29.5 Å². The van der Waals surface area contributed by atoms with Crippen molar-refractivity contribution in [1.82, 2.24) is 0 Å². The van der Waals surface area contributed by atoms with E-state index in [1.807, 2.05) is 24.0 Å². The monoisotopic (exact) mass is 356 g/mol. The molecule has 1 heterocycles. The molecule has 0 saturated carbocycles. The first-order valence-corrected chi connectivity index (χ1v) is 9.34. The second-order valence-corrected chi connectivity index (χ2v) is 7.23. The normalized spacial score (nSPS) is 14.1. The summed E-state index contributed by atoms with van der Waals surface area (Å²) < 4.78 is 13.1. The highest BCUT2D eigenvalue weighted by Gasteiger charge is 2.22. The highest BCUT2D eigenvalue weighted by atomic mass is 32.2. The zero-order valence-electron chi connectivity index (χ0n) is 14.5. The molecule has 1 aliphatic rings. The van der Waals surface area contributed by atoms with Gasteiger partial charge in [-0.15, -0.1) is 0 Å². The molecule has 0 amide bonds. The number of anilines is 1. The predicted molar refractivity (Wildman–Crippen MR) is 103 cm³/mol. The van der Waals surface area contributed by atoms with E-state index in [1.54, 1.807) is 11.8 Å². The zero-order chi connectivity index (χ0) is 17.8. The van der Waals surface area contributed by atoms with E-state index >= 15 is 0 Å². The number of carbonyl (C=O) groups excluding carboxylic acids is 1. The van der Waals surface area contributed by atoms with Crippen molar-refractivity contribution in [3.05, 3.63) is 65.0 Å². The van der Waals surface area contributed by atoms with Crippen LogP contribution >= 0.6 is 11.8 Å². The molecule has 0 radical (unpaired) electrons. The first-order chi connectivity index (χ1) is 12.0. The largest absolute Gasteiger partial charge is 0.313 e. The summed E-state index contributed by atoms with van der Waals surface area (Å²) in [6, 6.07) is 11.9. The van der Waals surface area contributed by atoms with Crippen LogP contribution in [0.15, 0.2) is 47.5 Å². The summed E-state index contributed by atoms with van der Waals surface area (Å²) in [5.41, 5.74) is 3.80. The summed E-state index contributed by atoms with van der Waals surface area (Å²) in [5, 5.41) is 0.883. The van der Waals surface area contributed by atoms with Gasteiger partial charge in [0.15, 0.2) is 11.0 Å². The molecule has 25 heavy (non-hydrogen) atoms. The van der Waals surface area contributed by atoms with E-state index in [0.29, 0.717) is 5.56 Å². The predicted octanol–water partition coefficient (Wildman–Crippen LogP) is 4.62. The highest BCUT2D eigenvalue weighted by molar-refractivity contribution is 8.14. The van der Waals surface area contributed by atoms with Gasteiger partial charge in [0.2, 0.25) is 0 Å². The van der Waals surface area contributed by atoms with E-state index in [4.69, 9.17) is 0 Å². The molecule has 0 aliphatic carbocycles. The van der Waals surface area contributed by atoms with Crippen LogP contribution in [0, 0.1) is 19.7 Å². The van der Waals surface area contributed by atoms with Gasteiger partial charge in [0.1, 0.15) is 5.82 Å². The quantitative estimate of drug-likeness (QED) is 0.749. The number of thioether (sulfide) groups is 1. The molecule has 3 nitrogen and oxygen atoms in total. The van der Waals surface area contributed by atoms with E-state index in [9.17, 15) is 9.18 Å². The van der Waals surface area contributed by atoms with Crippen LogP contribution in [0.5, 0.6) is 0 Å². The van der Waals surface area contributed by atoms with Crippen LogP contribution in [0.1, 0.15) is 27.9 Å². The standard InChI is InChI=1S/C20H21FN2OS/c1-14-4-9-18(15(2)12-14)23(20-22-10-3-11-25-20)13-19(24)16-5-7-17(21)8-6-16/h4-9,12H,3,10-11,13H2,1-2H3. The lowest BCUT2D eigenvalue weighted by atomic mass is 10.1. The average Bonchev–Trinajstić information content (AvgIpc) is 2.61. The fraction of sp³-hybridized carbons (Fsp3) is 0.300. The molecule has 0 atom stereocenters. The molecular weight excluding hydrogens is 335 g/mol. The molecule has 1 aliphatic heterocycles. The number of aryl methyl sites for hydroxylation is 2. The van der Waals surface area contributed by atoms with Crippen molar-refractivity contribution in [2.24, 2.45) is 4.99 Å². The summed E-state index contributed by atoms with van der Waals surface area (Å²) in [4.78, 5) is 19.3. The Morgan fingerprint density at radius 2 is 1.96 bits per heavy atom. The van der Waals surface area contributed by atoms with E-state index in [0.717, 1.165) is 35.1 Å². The Kier molecular flexibility index (Phi) is 5.53. The minimum atomic E-state index is -0.338. The van der Waals surface area contributed by atoms with Gasteiger partial charge in [-0.2, -0.15) is 0 Å². The van der Waals surface area contributed by atoms with Crippen molar-refractivity contribution in [2.45, 2.75) is 20.3 Å². The lowest BCUT2D eigenvalue weighted by molar-refractivity contribution is 0.100. The van der Waals surface area contributed by atoms with Crippen LogP contribution in [0.3, 0.4) is 0 Å². The molecular formula is C20H21FN2OS. The molecule has 0 N–H and O–H groups in total. The summed E-state index contributed by atoms with van der Waals surface area (Å²) in [6.45, 7) is 5.08. The van der Waals surface area contributed by atoms with Crippen LogP contribution in [0.25, 0.3) is 0 Å². The van der Waals surface area contributed by atoms with Crippen LogP contribution in [0.2, 0.25) is 0 Å². The topological polar surface area (TPSA) is 32.7 Å². The van der Waals surface area contributed by atoms with E-state index in [-0.39, 0.29) is 18.1 Å². The molecule has 0 bridgehead atoms. The Bertz CT molecular complexity index is 802. The molecule has 130 valence electrons. The van der Waals surface area contributed by atoms with Gasteiger partial charge in [0.05, 0.1) is 6.54 Å². The number of carbonyl (C=O) groups is 1. The molecule has 0 fully saturated rings. The number of ketones is 1. The Morgan fingerprint density at radius 1 is 1.20 bits per heavy atom. The maximum atomic E-state index is 13.1. The summed E-state index contributed by atoms with van der Waals surface area (Å²) in [5.74, 6) is 0.620. The number of hydrogen-bond acceptors (Lipinski definition) is 4. The SMILES string of the molecule is Cc1ccc(N(CC(=O)c2ccc(F)cc2)C2=NCCCS2)c(C)c1. The zero-order valence-corrected chi connectivity index (χ0v) is 15.3. The Morgan fingerprint density at radius 3 is 2.60 bits per heavy atom. The second kappa shape index (κ2) is 7.83. The van der Waals surface area contributed by atoms with Gasteiger partial charge in [-0.25, -0.2) is 4.39 Å². The van der Waals surface area contributed by atoms with E-state index < -0.39 is 0 Å². The average molecular weight is 356 g/mol. The molecule has 0 aromatic heterocycles. The fourth-order valence-corrected chi connectivity index (χ4v) is 3.80. The number of halogens is 1. The molecule has 2 aromatic carbocycles. The third kappa shape index (κ3) is 4.28. The Hall–Kier alpha value is -2.14. The Balaban J connectivity index is 1.92. The molecule has 2 aromatic rings. The van der Waals surface area contributed by atoms with Crippen molar-refractivity contribution in [3.8, 4) is 0 Å². The van der Waals surface area contributed by atoms with Crippen molar-refractivity contribution >= 4 is 28.4 Å². The lowest BCUT2D eigenvalue weighted by Gasteiger charge is -2.28. The van der Waals surface area contributed by atoms with Gasteiger partial charge in [0, 0.05) is 23.5 Å². The molecule has 0 unspecified atom stereocenters. The third-order valence-electron chi connectivity index (χ3n) is 4.12. The Labute approximate surface area is 152 Å². The van der Waals surface area contributed by atoms with Gasteiger partial charge in [0.25, 0.3) is 0 Å². The van der Waals surface area contributed by atoms with Gasteiger partial charge in [-0.05, 0) is 56.2 Å². The second-order valence-electron chi connectivity index (χ2n) is 6.17. The minimum Gasteiger partial charge on any atom is -0.313 e. The number of aliphatic imine (C=N–C) groups is 1. The van der Waals surface area contributed by atoms with Crippen LogP contribution < -0.4 is 4.90 Å². The number of amidine groups is 1. The first-order valence-electron chi connectivity index (χ1n) is 8.35. The van der Waals surface area contributed by atoms with E-state index in [1.165, 1.54) is 29.8 Å². The summed E-state index contributed by atoms with van der Waals surface area (Å²) in [7, 11) is 0. The van der Waals surface area contributed by atoms with Gasteiger partial charge < -0.3 is 4.90 Å². The number of Topliss-reactive ketones (excluding diaryl/α,β-unsaturated/α-hetero) is 1. The fourth-order valence-electron chi connectivity index (χ4n) is 2.85. The van der Waals surface area contributed by atoms with Crippen LogP contribution in [0.4, 0.5) is 10.1 Å².